The minimum Gasteiger partial charge on any atom is -0.478 e. The summed E-state index contributed by atoms with van der Waals surface area (Å²) >= 11 is 0. The lowest BCUT2D eigenvalue weighted by Crippen LogP contribution is -2.28. The van der Waals surface area contributed by atoms with Crippen LogP contribution in [0.25, 0.3) is 0 Å². The van der Waals surface area contributed by atoms with Gasteiger partial charge in [0.25, 0.3) is 0 Å². The highest BCUT2D eigenvalue weighted by Crippen LogP contribution is 2.15. The molecule has 0 atom stereocenters. The third kappa shape index (κ3) is 3.78. The topological polar surface area (TPSA) is 96.2 Å². The molecular formula is C13H13FN4O3. The lowest BCUT2D eigenvalue weighted by molar-refractivity contribution is 0.0696. The van der Waals surface area contributed by atoms with Crippen LogP contribution in [0.3, 0.4) is 0 Å². The maximum absolute atomic E-state index is 13.6. The van der Waals surface area contributed by atoms with Crippen LogP contribution in [0.5, 0.6) is 0 Å². The van der Waals surface area contributed by atoms with Crippen LogP contribution in [0.15, 0.2) is 30.5 Å². The standard InChI is InChI=1S/C13H13FN4O3/c1-18-5-4-9(17-18)7-15-13(21)16-11-3-2-8(12(19)20)6-10(11)14/h2-6H,7H2,1H3,(H,19,20)(H2,15,16,21). The largest absolute Gasteiger partial charge is 0.478 e. The number of urea groups is 1. The van der Waals surface area contributed by atoms with E-state index in [-0.39, 0.29) is 17.8 Å². The molecule has 2 aromatic rings. The molecule has 7 nitrogen and oxygen atoms in total. The van der Waals surface area contributed by atoms with Crippen LogP contribution in [0.4, 0.5) is 14.9 Å². The van der Waals surface area contributed by atoms with Gasteiger partial charge in [-0.1, -0.05) is 0 Å². The van der Waals surface area contributed by atoms with Crippen molar-refractivity contribution in [3.8, 4) is 0 Å². The Bertz CT molecular complexity index is 684. The van der Waals surface area contributed by atoms with Gasteiger partial charge < -0.3 is 15.7 Å². The highest BCUT2D eigenvalue weighted by atomic mass is 19.1. The molecule has 1 aromatic heterocycles. The molecule has 0 radical (unpaired) electrons. The Morgan fingerprint density at radius 1 is 1.38 bits per heavy atom. The first-order valence-electron chi connectivity index (χ1n) is 6.02. The average molecular weight is 292 g/mol. The predicted molar refractivity (Wildman–Crippen MR) is 72.4 cm³/mol. The second kappa shape index (κ2) is 6.04. The third-order valence-corrected chi connectivity index (χ3v) is 2.66. The normalized spacial score (nSPS) is 10.2. The number of aryl methyl sites for hydroxylation is 1. The number of nitrogens with one attached hydrogen (secondary N) is 2. The van der Waals surface area contributed by atoms with E-state index in [1.54, 1.807) is 24.0 Å². The Balaban J connectivity index is 1.94. The summed E-state index contributed by atoms with van der Waals surface area (Å²) in [7, 11) is 1.75. The number of carbonyl (C=O) groups excluding carboxylic acids is 1. The van der Waals surface area contributed by atoms with E-state index in [1.165, 1.54) is 12.1 Å². The lowest BCUT2D eigenvalue weighted by Gasteiger charge is -2.08. The second-order valence-electron chi connectivity index (χ2n) is 4.29. The van der Waals surface area contributed by atoms with Gasteiger partial charge in [-0.2, -0.15) is 5.10 Å². The molecule has 21 heavy (non-hydrogen) atoms. The van der Waals surface area contributed by atoms with Crippen LogP contribution >= 0.6 is 0 Å². The van der Waals surface area contributed by atoms with Crippen molar-refractivity contribution in [1.82, 2.24) is 15.1 Å². The molecule has 8 heteroatoms. The van der Waals surface area contributed by atoms with Crippen LogP contribution in [0, 0.1) is 5.82 Å². The minimum absolute atomic E-state index is 0.0986. The molecule has 0 aliphatic carbocycles. The van der Waals surface area contributed by atoms with Gasteiger partial charge >= 0.3 is 12.0 Å². The van der Waals surface area contributed by atoms with E-state index in [9.17, 15) is 14.0 Å². The van der Waals surface area contributed by atoms with E-state index in [2.05, 4.69) is 15.7 Å². The van der Waals surface area contributed by atoms with E-state index in [0.29, 0.717) is 5.69 Å². The molecule has 1 heterocycles. The Morgan fingerprint density at radius 2 is 2.14 bits per heavy atom. The number of halogens is 1. The summed E-state index contributed by atoms with van der Waals surface area (Å²) in [6.45, 7) is 0.196. The van der Waals surface area contributed by atoms with Crippen molar-refractivity contribution in [1.29, 1.82) is 0 Å². The van der Waals surface area contributed by atoms with Gasteiger partial charge in [-0.3, -0.25) is 4.68 Å². The van der Waals surface area contributed by atoms with Gasteiger partial charge in [-0.25, -0.2) is 14.0 Å². The van der Waals surface area contributed by atoms with Crippen molar-refractivity contribution in [3.63, 3.8) is 0 Å². The number of hydrogen-bond donors (Lipinski definition) is 3. The van der Waals surface area contributed by atoms with E-state index >= 15 is 0 Å². The highest BCUT2D eigenvalue weighted by Gasteiger charge is 2.10. The summed E-state index contributed by atoms with van der Waals surface area (Å²) < 4.78 is 15.2. The van der Waals surface area contributed by atoms with Gasteiger partial charge in [0, 0.05) is 13.2 Å². The fraction of sp³-hybridized carbons (Fsp3) is 0.154. The quantitative estimate of drug-likeness (QED) is 0.797. The van der Waals surface area contributed by atoms with Gasteiger partial charge in [0.15, 0.2) is 0 Å². The molecule has 0 aliphatic heterocycles. The molecule has 110 valence electrons. The van der Waals surface area contributed by atoms with Crippen LogP contribution in [-0.4, -0.2) is 26.9 Å². The number of carboxylic acids is 1. The number of aromatic carboxylic acids is 1. The molecule has 3 N–H and O–H groups in total. The monoisotopic (exact) mass is 292 g/mol. The number of nitrogens with zero attached hydrogens (tertiary/aromatic N) is 2. The zero-order chi connectivity index (χ0) is 15.4. The molecule has 0 unspecified atom stereocenters. The summed E-state index contributed by atoms with van der Waals surface area (Å²) in [6.07, 6.45) is 1.74. The molecule has 0 spiro atoms. The van der Waals surface area contributed by atoms with Crippen LogP contribution in [0.2, 0.25) is 0 Å². The maximum atomic E-state index is 13.6. The van der Waals surface area contributed by atoms with E-state index in [1.807, 2.05) is 0 Å². The van der Waals surface area contributed by atoms with Crippen molar-refractivity contribution in [2.45, 2.75) is 6.54 Å². The van der Waals surface area contributed by atoms with Gasteiger partial charge in [-0.05, 0) is 24.3 Å². The van der Waals surface area contributed by atoms with Gasteiger partial charge in [0.1, 0.15) is 5.82 Å². The molecule has 0 saturated carbocycles. The molecule has 0 fully saturated rings. The molecule has 2 rings (SSSR count). The zero-order valence-corrected chi connectivity index (χ0v) is 11.1. The summed E-state index contributed by atoms with van der Waals surface area (Å²) in [5.41, 5.74) is 0.375. The highest BCUT2D eigenvalue weighted by molar-refractivity contribution is 5.91. The van der Waals surface area contributed by atoms with Crippen LogP contribution in [0.1, 0.15) is 16.1 Å². The number of carboxylic acid groups (broad SMARTS) is 1. The first-order chi connectivity index (χ1) is 9.95. The molecule has 1 aromatic carbocycles. The first-order valence-corrected chi connectivity index (χ1v) is 6.02. The number of aromatic nitrogens is 2. The van der Waals surface area contributed by atoms with Crippen molar-refractivity contribution in [2.24, 2.45) is 7.05 Å². The maximum Gasteiger partial charge on any atom is 0.335 e. The minimum atomic E-state index is -1.24. The number of rotatable bonds is 4. The van der Waals surface area contributed by atoms with Crippen LogP contribution in [-0.2, 0) is 13.6 Å². The fourth-order valence-corrected chi connectivity index (χ4v) is 1.64. The molecule has 0 saturated heterocycles. The van der Waals surface area contributed by atoms with E-state index in [0.717, 1.165) is 6.07 Å². The first kappa shape index (κ1) is 14.5. The molecule has 0 bridgehead atoms. The van der Waals surface area contributed by atoms with Crippen molar-refractivity contribution < 1.29 is 19.1 Å². The number of anilines is 1. The Hall–Kier alpha value is -2.90. The summed E-state index contributed by atoms with van der Waals surface area (Å²) in [5.74, 6) is -2.05. The number of amides is 2. The third-order valence-electron chi connectivity index (χ3n) is 2.66. The van der Waals surface area contributed by atoms with Crippen molar-refractivity contribution in [3.05, 3.63) is 47.5 Å². The smallest absolute Gasteiger partial charge is 0.335 e. The second-order valence-corrected chi connectivity index (χ2v) is 4.29. The summed E-state index contributed by atoms with van der Waals surface area (Å²) in [4.78, 5) is 22.3. The van der Waals surface area contributed by atoms with Gasteiger partial charge in [-0.15, -0.1) is 0 Å². The molecular weight excluding hydrogens is 279 g/mol. The molecule has 0 aliphatic rings. The zero-order valence-electron chi connectivity index (χ0n) is 11.1. The Kier molecular flexibility index (Phi) is 4.17. The lowest BCUT2D eigenvalue weighted by atomic mass is 10.2. The van der Waals surface area contributed by atoms with Crippen LogP contribution < -0.4 is 10.6 Å². The number of benzene rings is 1. The predicted octanol–water partition coefficient (Wildman–Crippen LogP) is 1.58. The SMILES string of the molecule is Cn1ccc(CNC(=O)Nc2ccc(C(=O)O)cc2F)n1. The van der Waals surface area contributed by atoms with Crippen molar-refractivity contribution in [2.75, 3.05) is 5.32 Å². The number of carbonyl (C=O) groups is 2. The average Bonchev–Trinajstić information content (AvgIpc) is 2.84. The summed E-state index contributed by atoms with van der Waals surface area (Å²) in [6, 6.07) is 4.38. The summed E-state index contributed by atoms with van der Waals surface area (Å²) in [5, 5.41) is 17.6. The fourth-order valence-electron chi connectivity index (χ4n) is 1.64. The van der Waals surface area contributed by atoms with Crippen molar-refractivity contribution >= 4 is 17.7 Å². The van der Waals surface area contributed by atoms with E-state index < -0.39 is 17.8 Å². The van der Waals surface area contributed by atoms with Gasteiger partial charge in [0.05, 0.1) is 23.5 Å². The Morgan fingerprint density at radius 3 is 2.71 bits per heavy atom. The Labute approximate surface area is 119 Å². The van der Waals surface area contributed by atoms with E-state index in [4.69, 9.17) is 5.11 Å². The molecule has 2 amide bonds. The van der Waals surface area contributed by atoms with Gasteiger partial charge in [0.2, 0.25) is 0 Å². The number of hydrogen-bond acceptors (Lipinski definition) is 3.